The Morgan fingerprint density at radius 1 is 1.35 bits per heavy atom. The number of H-pyrrole nitrogens is 1. The fraction of sp³-hybridized carbons (Fsp3) is 0.211. The Hall–Kier alpha value is -3.37. The van der Waals surface area contributed by atoms with Gasteiger partial charge in [-0.05, 0) is 37.1 Å². The smallest absolute Gasteiger partial charge is 0.177 e. The molecule has 4 aromatic rings. The lowest BCUT2D eigenvalue weighted by Gasteiger charge is -2.24. The summed E-state index contributed by atoms with van der Waals surface area (Å²) >= 11 is 0. The quantitative estimate of drug-likeness (QED) is 0.592. The number of rotatable bonds is 3. The number of aromatic nitrogens is 4. The number of aromatic amines is 1. The fourth-order valence-electron chi connectivity index (χ4n) is 3.33. The second-order valence-electron chi connectivity index (χ2n) is 6.51. The van der Waals surface area contributed by atoms with Gasteiger partial charge in [0.05, 0.1) is 22.1 Å². The molecule has 1 aromatic carbocycles. The van der Waals surface area contributed by atoms with Crippen LogP contribution in [0.2, 0.25) is 0 Å². The van der Waals surface area contributed by atoms with Gasteiger partial charge < -0.3 is 15.6 Å². The minimum Gasteiger partial charge on any atom is -0.417 e. The molecule has 0 spiro atoms. The van der Waals surface area contributed by atoms with Crippen molar-refractivity contribution in [3.8, 4) is 6.07 Å². The van der Waals surface area contributed by atoms with Gasteiger partial charge >= 0.3 is 0 Å². The summed E-state index contributed by atoms with van der Waals surface area (Å²) in [7, 11) is 1.63. The lowest BCUT2D eigenvalue weighted by atomic mass is 9.89. The summed E-state index contributed by atoms with van der Waals surface area (Å²) in [6, 6.07) is 9.82. The molecule has 0 aliphatic carbocycles. The molecule has 3 aromatic heterocycles. The molecular formula is C19H18N6O. The molecule has 1 atom stereocenters. The van der Waals surface area contributed by atoms with Crippen molar-refractivity contribution in [3.05, 3.63) is 59.2 Å². The Bertz CT molecular complexity index is 1180. The van der Waals surface area contributed by atoms with Gasteiger partial charge in [0, 0.05) is 17.8 Å². The Labute approximate surface area is 150 Å². The van der Waals surface area contributed by atoms with Crippen LogP contribution in [0.4, 0.5) is 0 Å². The van der Waals surface area contributed by atoms with Crippen molar-refractivity contribution in [1.29, 1.82) is 5.26 Å². The number of nitrogens with zero attached hydrogens (tertiary/aromatic N) is 4. The van der Waals surface area contributed by atoms with E-state index in [2.05, 4.69) is 21.0 Å². The molecule has 0 saturated heterocycles. The predicted molar refractivity (Wildman–Crippen MR) is 98.4 cm³/mol. The van der Waals surface area contributed by atoms with E-state index in [0.717, 1.165) is 22.0 Å². The molecule has 7 heteroatoms. The molecule has 7 nitrogen and oxygen atoms in total. The zero-order valence-corrected chi connectivity index (χ0v) is 14.7. The number of fused-ring (bicyclic) bond motifs is 2. The third-order valence-electron chi connectivity index (χ3n) is 4.73. The Morgan fingerprint density at radius 2 is 2.15 bits per heavy atom. The molecule has 0 radical (unpaired) electrons. The molecule has 4 rings (SSSR count). The third-order valence-corrected chi connectivity index (χ3v) is 4.73. The Balaban J connectivity index is 1.92. The van der Waals surface area contributed by atoms with Crippen molar-refractivity contribution < 1.29 is 4.84 Å². The number of hydrogen-bond donors (Lipinski definition) is 2. The van der Waals surface area contributed by atoms with E-state index in [0.29, 0.717) is 22.6 Å². The summed E-state index contributed by atoms with van der Waals surface area (Å²) in [5.74, 6) is 0.588. The first kappa shape index (κ1) is 16.1. The number of imidazole rings is 1. The third kappa shape index (κ3) is 2.24. The fourth-order valence-corrected chi connectivity index (χ4v) is 3.33. The normalized spacial score (nSPS) is 13.7. The van der Waals surface area contributed by atoms with Crippen molar-refractivity contribution in [2.45, 2.75) is 19.4 Å². The average Bonchev–Trinajstić information content (AvgIpc) is 3.25. The molecule has 26 heavy (non-hydrogen) atoms. The molecule has 0 saturated carbocycles. The highest BCUT2D eigenvalue weighted by molar-refractivity contribution is 5.87. The molecule has 1 unspecified atom stereocenters. The lowest BCUT2D eigenvalue weighted by Crippen LogP contribution is -2.35. The molecule has 0 aliphatic rings. The number of aryl methyl sites for hydroxylation is 1. The highest BCUT2D eigenvalue weighted by Gasteiger charge is 2.30. The first-order valence-electron chi connectivity index (χ1n) is 8.16. The van der Waals surface area contributed by atoms with Crippen LogP contribution in [0, 0.1) is 18.3 Å². The first-order valence-corrected chi connectivity index (χ1v) is 8.16. The van der Waals surface area contributed by atoms with E-state index in [1.54, 1.807) is 17.9 Å². The van der Waals surface area contributed by atoms with Crippen molar-refractivity contribution in [2.75, 3.05) is 7.11 Å². The maximum Gasteiger partial charge on any atom is 0.177 e. The second-order valence-corrected chi connectivity index (χ2v) is 6.51. The first-order chi connectivity index (χ1) is 12.5. The van der Waals surface area contributed by atoms with E-state index in [-0.39, 0.29) is 0 Å². The van der Waals surface area contributed by atoms with Crippen molar-refractivity contribution in [3.63, 3.8) is 0 Å². The minimum atomic E-state index is -0.876. The molecular weight excluding hydrogens is 328 g/mol. The van der Waals surface area contributed by atoms with Gasteiger partial charge in [0.1, 0.15) is 19.0 Å². The summed E-state index contributed by atoms with van der Waals surface area (Å²) in [5, 5.41) is 10.1. The van der Waals surface area contributed by atoms with Crippen LogP contribution < -0.4 is 10.6 Å². The van der Waals surface area contributed by atoms with Crippen LogP contribution in [0.25, 0.3) is 22.1 Å². The molecule has 130 valence electrons. The van der Waals surface area contributed by atoms with Crippen LogP contribution in [-0.4, -0.2) is 26.8 Å². The maximum absolute atomic E-state index is 9.05. The highest BCUT2D eigenvalue weighted by Crippen LogP contribution is 2.33. The molecule has 3 heterocycles. The SMILES string of the molecule is COn1ccc2c(C(C)(N)c3nc4ncc(C#N)cc4[nH]3)ccc(C)c21. The topological polar surface area (TPSA) is 106 Å². The largest absolute Gasteiger partial charge is 0.417 e. The zero-order valence-electron chi connectivity index (χ0n) is 14.7. The summed E-state index contributed by atoms with van der Waals surface area (Å²) in [5.41, 5.74) is 10.5. The van der Waals surface area contributed by atoms with E-state index in [9.17, 15) is 0 Å². The Morgan fingerprint density at radius 3 is 2.88 bits per heavy atom. The zero-order chi connectivity index (χ0) is 18.5. The molecule has 0 amide bonds. The van der Waals surface area contributed by atoms with Crippen LogP contribution >= 0.6 is 0 Å². The van der Waals surface area contributed by atoms with E-state index in [1.807, 2.05) is 38.2 Å². The van der Waals surface area contributed by atoms with Gasteiger partial charge in [-0.15, -0.1) is 0 Å². The van der Waals surface area contributed by atoms with Crippen LogP contribution in [0.5, 0.6) is 0 Å². The van der Waals surface area contributed by atoms with E-state index in [1.165, 1.54) is 6.20 Å². The van der Waals surface area contributed by atoms with Crippen molar-refractivity contribution >= 4 is 22.1 Å². The standard InChI is InChI=1S/C19H18N6O/c1-11-4-5-14(13-6-7-25(26-3)16(11)13)19(2,21)18-23-15-8-12(9-20)10-22-17(15)24-18/h4-8,10H,21H2,1-3H3,(H,22,23,24). The highest BCUT2D eigenvalue weighted by atomic mass is 16.6. The number of nitriles is 1. The van der Waals surface area contributed by atoms with Crippen molar-refractivity contribution in [1.82, 2.24) is 19.7 Å². The number of nitrogens with two attached hydrogens (primary N) is 1. The van der Waals surface area contributed by atoms with Gasteiger partial charge in [0.2, 0.25) is 0 Å². The number of hydrogen-bond acceptors (Lipinski definition) is 5. The van der Waals surface area contributed by atoms with Crippen LogP contribution in [0.3, 0.4) is 0 Å². The molecule has 0 fully saturated rings. The molecule has 3 N–H and O–H groups in total. The monoisotopic (exact) mass is 346 g/mol. The van der Waals surface area contributed by atoms with Crippen molar-refractivity contribution in [2.24, 2.45) is 5.73 Å². The van der Waals surface area contributed by atoms with Gasteiger partial charge in [0.25, 0.3) is 0 Å². The van der Waals surface area contributed by atoms with Gasteiger partial charge in [-0.25, -0.2) is 9.97 Å². The van der Waals surface area contributed by atoms with E-state index < -0.39 is 5.54 Å². The van der Waals surface area contributed by atoms with Crippen LogP contribution in [0.1, 0.15) is 29.4 Å². The van der Waals surface area contributed by atoms with Gasteiger partial charge in [-0.2, -0.15) is 9.99 Å². The summed E-state index contributed by atoms with van der Waals surface area (Å²) in [4.78, 5) is 17.4. The van der Waals surface area contributed by atoms with E-state index in [4.69, 9.17) is 15.8 Å². The summed E-state index contributed by atoms with van der Waals surface area (Å²) in [6.07, 6.45) is 3.38. The van der Waals surface area contributed by atoms with Crippen LogP contribution in [-0.2, 0) is 5.54 Å². The summed E-state index contributed by atoms with van der Waals surface area (Å²) < 4.78 is 1.73. The van der Waals surface area contributed by atoms with Gasteiger partial charge in [-0.3, -0.25) is 0 Å². The number of pyridine rings is 1. The molecule has 0 bridgehead atoms. The minimum absolute atomic E-state index is 0.473. The van der Waals surface area contributed by atoms with E-state index >= 15 is 0 Å². The molecule has 0 aliphatic heterocycles. The Kier molecular flexibility index (Phi) is 3.46. The maximum atomic E-state index is 9.05. The lowest BCUT2D eigenvalue weighted by molar-refractivity contribution is 0.179. The predicted octanol–water partition coefficient (Wildman–Crippen LogP) is 2.37. The average molecular weight is 346 g/mol. The number of nitrogens with one attached hydrogen (secondary N) is 1. The number of benzene rings is 1. The van der Waals surface area contributed by atoms with Gasteiger partial charge in [0.15, 0.2) is 5.65 Å². The second kappa shape index (κ2) is 5.58. The summed E-state index contributed by atoms with van der Waals surface area (Å²) in [6.45, 7) is 3.94. The van der Waals surface area contributed by atoms with Gasteiger partial charge in [-0.1, -0.05) is 12.1 Å². The van der Waals surface area contributed by atoms with Crippen LogP contribution in [0.15, 0.2) is 36.7 Å².